The van der Waals surface area contributed by atoms with Crippen LogP contribution in [0.3, 0.4) is 0 Å². The molecule has 0 saturated carbocycles. The van der Waals surface area contributed by atoms with Crippen molar-refractivity contribution in [1.82, 2.24) is 5.32 Å². The number of nitrogens with one attached hydrogen (secondary N) is 1. The third-order valence-electron chi connectivity index (χ3n) is 9.57. The minimum atomic E-state index is -0.922. The summed E-state index contributed by atoms with van der Waals surface area (Å²) in [5, 5.41) is 33.1. The molecule has 46 heavy (non-hydrogen) atoms. The molecule has 274 valence electrons. The molecule has 3 atom stereocenters. The zero-order chi connectivity index (χ0) is 33.8. The Labute approximate surface area is 287 Å². The first-order valence-electron chi connectivity index (χ1n) is 20.5. The van der Waals surface area contributed by atoms with Crippen LogP contribution in [-0.2, 0) is 4.79 Å². The normalized spacial score (nSPS) is 13.8. The van der Waals surface area contributed by atoms with Gasteiger partial charge in [-0.1, -0.05) is 206 Å². The average molecular weight is 652 g/mol. The maximum absolute atomic E-state index is 12.4. The molecule has 0 aliphatic heterocycles. The Morgan fingerprint density at radius 1 is 0.543 bits per heavy atom. The Bertz CT molecular complexity index is 640. The molecule has 0 rings (SSSR count). The van der Waals surface area contributed by atoms with Crippen molar-refractivity contribution in [2.24, 2.45) is 0 Å². The van der Waals surface area contributed by atoms with Gasteiger partial charge in [-0.25, -0.2) is 0 Å². The van der Waals surface area contributed by atoms with Crippen molar-refractivity contribution in [3.63, 3.8) is 0 Å². The molecule has 0 radical (unpaired) electrons. The summed E-state index contributed by atoms with van der Waals surface area (Å²) in [7, 11) is 0. The predicted molar refractivity (Wildman–Crippen MR) is 199 cm³/mol. The molecule has 0 aromatic heterocycles. The van der Waals surface area contributed by atoms with Crippen molar-refractivity contribution >= 4 is 5.91 Å². The van der Waals surface area contributed by atoms with E-state index in [1.54, 1.807) is 6.08 Å². The van der Waals surface area contributed by atoms with Crippen LogP contribution in [0.4, 0.5) is 0 Å². The molecule has 0 heterocycles. The van der Waals surface area contributed by atoms with E-state index in [1.807, 2.05) is 6.08 Å². The van der Waals surface area contributed by atoms with Crippen LogP contribution < -0.4 is 5.32 Å². The molecule has 0 saturated heterocycles. The second-order valence-corrected chi connectivity index (χ2v) is 14.3. The lowest BCUT2D eigenvalue weighted by molar-refractivity contribution is -0.124. The number of rotatable bonds is 37. The van der Waals surface area contributed by atoms with Crippen molar-refractivity contribution in [2.75, 3.05) is 6.61 Å². The summed E-state index contributed by atoms with van der Waals surface area (Å²) >= 11 is 0. The van der Waals surface area contributed by atoms with Crippen molar-refractivity contribution in [1.29, 1.82) is 0 Å². The highest BCUT2D eigenvalue weighted by Gasteiger charge is 2.20. The largest absolute Gasteiger partial charge is 0.394 e. The highest BCUT2D eigenvalue weighted by Crippen LogP contribution is 2.16. The van der Waals surface area contributed by atoms with E-state index in [4.69, 9.17) is 0 Å². The molecule has 0 aliphatic rings. The molecule has 5 heteroatoms. The van der Waals surface area contributed by atoms with Crippen molar-refractivity contribution in [3.8, 4) is 0 Å². The number of aliphatic hydroxyl groups excluding tert-OH is 3. The highest BCUT2D eigenvalue weighted by molar-refractivity contribution is 5.76. The van der Waals surface area contributed by atoms with Gasteiger partial charge in [-0.2, -0.15) is 0 Å². The quantitative estimate of drug-likeness (QED) is 0.0397. The van der Waals surface area contributed by atoms with Gasteiger partial charge in [0.2, 0.25) is 5.91 Å². The fourth-order valence-corrected chi connectivity index (χ4v) is 6.40. The summed E-state index contributed by atoms with van der Waals surface area (Å²) in [6.07, 6.45) is 42.0. The summed E-state index contributed by atoms with van der Waals surface area (Å²) < 4.78 is 0. The zero-order valence-corrected chi connectivity index (χ0v) is 31.0. The number of unbranched alkanes of at least 4 members (excludes halogenated alkanes) is 28. The number of amides is 1. The molecule has 0 aromatic carbocycles. The smallest absolute Gasteiger partial charge is 0.222 e. The molecular weight excluding hydrogens is 570 g/mol. The van der Waals surface area contributed by atoms with Crippen LogP contribution in [0.2, 0.25) is 0 Å². The highest BCUT2D eigenvalue weighted by atomic mass is 16.3. The van der Waals surface area contributed by atoms with Gasteiger partial charge in [0.15, 0.2) is 0 Å². The van der Waals surface area contributed by atoms with Crippen molar-refractivity contribution in [3.05, 3.63) is 12.2 Å². The fourth-order valence-electron chi connectivity index (χ4n) is 6.40. The minimum absolute atomic E-state index is 0.0184. The van der Waals surface area contributed by atoms with Crippen LogP contribution in [0.25, 0.3) is 0 Å². The van der Waals surface area contributed by atoms with Gasteiger partial charge < -0.3 is 20.6 Å². The molecule has 4 N–H and O–H groups in total. The zero-order valence-electron chi connectivity index (χ0n) is 31.0. The SMILES string of the molecule is CCCCCCCCCCCC/C=C/C(O)C(CO)NC(=O)CC(O)CCCCCCCCCCCCCCCCCCCCC. The lowest BCUT2D eigenvalue weighted by atomic mass is 10.0. The van der Waals surface area contributed by atoms with E-state index in [-0.39, 0.29) is 18.9 Å². The third kappa shape index (κ3) is 33.0. The number of hydrogen-bond acceptors (Lipinski definition) is 4. The summed E-state index contributed by atoms with van der Waals surface area (Å²) in [6.45, 7) is 4.21. The summed E-state index contributed by atoms with van der Waals surface area (Å²) in [4.78, 5) is 12.4. The second-order valence-electron chi connectivity index (χ2n) is 14.3. The van der Waals surface area contributed by atoms with Gasteiger partial charge >= 0.3 is 0 Å². The monoisotopic (exact) mass is 652 g/mol. The van der Waals surface area contributed by atoms with Gasteiger partial charge in [0.1, 0.15) is 0 Å². The van der Waals surface area contributed by atoms with Crippen LogP contribution in [0.5, 0.6) is 0 Å². The molecule has 0 aromatic rings. The Morgan fingerprint density at radius 2 is 0.891 bits per heavy atom. The van der Waals surface area contributed by atoms with Crippen LogP contribution in [0.15, 0.2) is 12.2 Å². The predicted octanol–water partition coefficient (Wildman–Crippen LogP) is 11.3. The number of carbonyl (C=O) groups is 1. The molecule has 5 nitrogen and oxygen atoms in total. The van der Waals surface area contributed by atoms with Crippen LogP contribution >= 0.6 is 0 Å². The molecule has 0 fully saturated rings. The first-order valence-corrected chi connectivity index (χ1v) is 20.5. The Balaban J connectivity index is 3.63. The first-order chi connectivity index (χ1) is 22.5. The van der Waals surface area contributed by atoms with Crippen LogP contribution in [0.1, 0.15) is 219 Å². The van der Waals surface area contributed by atoms with Crippen LogP contribution in [0, 0.1) is 0 Å². The van der Waals surface area contributed by atoms with E-state index < -0.39 is 18.2 Å². The molecule has 0 spiro atoms. The van der Waals surface area contributed by atoms with Gasteiger partial charge in [0, 0.05) is 0 Å². The van der Waals surface area contributed by atoms with Gasteiger partial charge in [-0.15, -0.1) is 0 Å². The van der Waals surface area contributed by atoms with E-state index in [0.29, 0.717) is 6.42 Å². The molecule has 0 aliphatic carbocycles. The number of allylic oxidation sites excluding steroid dienone is 1. The van der Waals surface area contributed by atoms with Gasteiger partial charge in [0.05, 0.1) is 31.3 Å². The van der Waals surface area contributed by atoms with Crippen molar-refractivity contribution in [2.45, 2.75) is 238 Å². The minimum Gasteiger partial charge on any atom is -0.394 e. The maximum atomic E-state index is 12.4. The van der Waals surface area contributed by atoms with E-state index in [0.717, 1.165) is 25.7 Å². The summed E-state index contributed by atoms with van der Waals surface area (Å²) in [5.41, 5.74) is 0. The number of carbonyl (C=O) groups excluding carboxylic acids is 1. The van der Waals surface area contributed by atoms with Crippen molar-refractivity contribution < 1.29 is 20.1 Å². The van der Waals surface area contributed by atoms with E-state index in [1.165, 1.54) is 167 Å². The molecule has 3 unspecified atom stereocenters. The van der Waals surface area contributed by atoms with E-state index in [2.05, 4.69) is 19.2 Å². The third-order valence-corrected chi connectivity index (χ3v) is 9.57. The molecule has 1 amide bonds. The topological polar surface area (TPSA) is 89.8 Å². The lowest BCUT2D eigenvalue weighted by Gasteiger charge is -2.21. The number of aliphatic hydroxyl groups is 3. The molecule has 0 bridgehead atoms. The lowest BCUT2D eigenvalue weighted by Crippen LogP contribution is -2.45. The Kier molecular flexibility index (Phi) is 36.2. The molecular formula is C41H81NO4. The first kappa shape index (κ1) is 45.1. The summed E-state index contributed by atoms with van der Waals surface area (Å²) in [5.74, 6) is -0.313. The average Bonchev–Trinajstić information content (AvgIpc) is 3.05. The van der Waals surface area contributed by atoms with Gasteiger partial charge in [-0.05, 0) is 19.3 Å². The standard InChI is InChI=1S/C41H81NO4/c1-3-5-7-9-11-13-15-17-18-19-20-21-22-23-24-26-28-30-32-34-38(44)36-41(46)42-39(37-43)40(45)35-33-31-29-27-25-16-14-12-10-8-6-4-2/h33,35,38-40,43-45H,3-32,34,36-37H2,1-2H3,(H,42,46)/b35-33+. The Morgan fingerprint density at radius 3 is 1.26 bits per heavy atom. The number of hydrogen-bond donors (Lipinski definition) is 4. The summed E-state index contributed by atoms with van der Waals surface area (Å²) in [6, 6.07) is -0.737. The second kappa shape index (κ2) is 36.9. The Hall–Kier alpha value is -0.910. The van der Waals surface area contributed by atoms with Crippen LogP contribution in [-0.4, -0.2) is 46.1 Å². The fraction of sp³-hybridized carbons (Fsp3) is 0.927. The van der Waals surface area contributed by atoms with E-state index in [9.17, 15) is 20.1 Å². The van der Waals surface area contributed by atoms with Gasteiger partial charge in [0.25, 0.3) is 0 Å². The van der Waals surface area contributed by atoms with E-state index >= 15 is 0 Å². The van der Waals surface area contributed by atoms with Gasteiger partial charge in [-0.3, -0.25) is 4.79 Å². The maximum Gasteiger partial charge on any atom is 0.222 e.